The lowest BCUT2D eigenvalue weighted by molar-refractivity contribution is 0.154. The minimum atomic E-state index is -0.305. The van der Waals surface area contributed by atoms with Gasteiger partial charge < -0.3 is 20.9 Å². The highest BCUT2D eigenvalue weighted by molar-refractivity contribution is 6.02. The van der Waals surface area contributed by atoms with Crippen molar-refractivity contribution >= 4 is 11.5 Å². The molecule has 0 aromatic heterocycles. The summed E-state index contributed by atoms with van der Waals surface area (Å²) in [5, 5.41) is 21.7. The molecule has 0 aliphatic carbocycles. The van der Waals surface area contributed by atoms with Crippen molar-refractivity contribution in [2.45, 2.75) is 25.9 Å². The normalized spacial score (nSPS) is 21.1. The van der Waals surface area contributed by atoms with Gasteiger partial charge in [0.25, 0.3) is 0 Å². The Bertz CT molecular complexity index is 460. The monoisotopic (exact) mass is 249 g/mol. The summed E-state index contributed by atoms with van der Waals surface area (Å²) in [6, 6.07) is 5.84. The van der Waals surface area contributed by atoms with Gasteiger partial charge >= 0.3 is 0 Å². The molecule has 5 nitrogen and oxygen atoms in total. The van der Waals surface area contributed by atoms with Gasteiger partial charge in [0.1, 0.15) is 0 Å². The number of aliphatic hydroxyl groups is 1. The molecule has 0 spiro atoms. The van der Waals surface area contributed by atoms with Crippen molar-refractivity contribution < 1.29 is 10.3 Å². The lowest BCUT2D eigenvalue weighted by atomic mass is 10.0. The van der Waals surface area contributed by atoms with Crippen LogP contribution in [0.25, 0.3) is 0 Å². The molecule has 4 N–H and O–H groups in total. The third kappa shape index (κ3) is 2.56. The fourth-order valence-corrected chi connectivity index (χ4v) is 2.36. The van der Waals surface area contributed by atoms with E-state index in [0.29, 0.717) is 12.1 Å². The standard InChI is InChI=1S/C13H19N3O2/c1-9-4-5-12(11(7-9)13(14)15-18)16-6-2-3-10(17)8-16/h4-5,7,10,17-18H,2-3,6,8H2,1H3,(H2,14,15). The highest BCUT2D eigenvalue weighted by Gasteiger charge is 2.21. The maximum Gasteiger partial charge on any atom is 0.172 e. The number of amidine groups is 1. The molecule has 1 aromatic rings. The molecule has 18 heavy (non-hydrogen) atoms. The molecule has 0 amide bonds. The molecule has 1 heterocycles. The van der Waals surface area contributed by atoms with E-state index in [2.05, 4.69) is 10.1 Å². The molecule has 1 fully saturated rings. The molecular formula is C13H19N3O2. The summed E-state index contributed by atoms with van der Waals surface area (Å²) in [7, 11) is 0. The quantitative estimate of drug-likeness (QED) is 0.317. The fourth-order valence-electron chi connectivity index (χ4n) is 2.36. The highest BCUT2D eigenvalue weighted by atomic mass is 16.4. The van der Waals surface area contributed by atoms with E-state index in [9.17, 15) is 5.11 Å². The Labute approximate surface area is 107 Å². The first-order valence-electron chi connectivity index (χ1n) is 6.13. The summed E-state index contributed by atoms with van der Waals surface area (Å²) < 4.78 is 0. The molecule has 0 radical (unpaired) electrons. The van der Waals surface area contributed by atoms with Crippen molar-refractivity contribution in [3.8, 4) is 0 Å². The zero-order valence-corrected chi connectivity index (χ0v) is 10.5. The van der Waals surface area contributed by atoms with Crippen molar-refractivity contribution in [1.29, 1.82) is 0 Å². The number of rotatable bonds is 2. The minimum Gasteiger partial charge on any atom is -0.409 e. The van der Waals surface area contributed by atoms with Gasteiger partial charge in [-0.05, 0) is 31.9 Å². The van der Waals surface area contributed by atoms with Crippen LogP contribution in [0, 0.1) is 6.92 Å². The maximum atomic E-state index is 9.73. The minimum absolute atomic E-state index is 0.105. The largest absolute Gasteiger partial charge is 0.409 e. The van der Waals surface area contributed by atoms with Crippen LogP contribution in [0.4, 0.5) is 5.69 Å². The smallest absolute Gasteiger partial charge is 0.172 e. The lowest BCUT2D eigenvalue weighted by Gasteiger charge is -2.33. The van der Waals surface area contributed by atoms with Crippen LogP contribution in [0.1, 0.15) is 24.0 Å². The van der Waals surface area contributed by atoms with E-state index in [1.807, 2.05) is 25.1 Å². The number of nitrogens with zero attached hydrogens (tertiary/aromatic N) is 2. The van der Waals surface area contributed by atoms with E-state index < -0.39 is 0 Å². The number of hydrogen-bond donors (Lipinski definition) is 3. The Hall–Kier alpha value is -1.75. The summed E-state index contributed by atoms with van der Waals surface area (Å²) in [5.74, 6) is 0.105. The van der Waals surface area contributed by atoms with Gasteiger partial charge in [0.15, 0.2) is 5.84 Å². The number of aliphatic hydroxyl groups excluding tert-OH is 1. The predicted molar refractivity (Wildman–Crippen MR) is 71.1 cm³/mol. The molecule has 1 aliphatic rings. The molecular weight excluding hydrogens is 230 g/mol. The number of nitrogens with two attached hydrogens (primary N) is 1. The van der Waals surface area contributed by atoms with Crippen LogP contribution in [-0.2, 0) is 0 Å². The first-order chi connectivity index (χ1) is 8.61. The van der Waals surface area contributed by atoms with E-state index in [-0.39, 0.29) is 11.9 Å². The average molecular weight is 249 g/mol. The first kappa shape index (κ1) is 12.7. The van der Waals surface area contributed by atoms with Crippen LogP contribution < -0.4 is 10.6 Å². The molecule has 2 rings (SSSR count). The van der Waals surface area contributed by atoms with Crippen LogP contribution in [0.2, 0.25) is 0 Å². The number of benzene rings is 1. The van der Waals surface area contributed by atoms with Crippen molar-refractivity contribution in [3.05, 3.63) is 29.3 Å². The third-order valence-corrected chi connectivity index (χ3v) is 3.27. The molecule has 0 saturated carbocycles. The fraction of sp³-hybridized carbons (Fsp3) is 0.462. The summed E-state index contributed by atoms with van der Waals surface area (Å²) >= 11 is 0. The number of β-amino-alcohol motifs (C(OH)–C–C–N with tert-alkyl or cyclic N) is 1. The second-order valence-electron chi connectivity index (χ2n) is 4.75. The van der Waals surface area contributed by atoms with Gasteiger partial charge in [0.2, 0.25) is 0 Å². The van der Waals surface area contributed by atoms with Crippen molar-refractivity contribution in [2.24, 2.45) is 10.9 Å². The van der Waals surface area contributed by atoms with Gasteiger partial charge in [-0.25, -0.2) is 0 Å². The summed E-state index contributed by atoms with van der Waals surface area (Å²) in [6.07, 6.45) is 1.48. The highest BCUT2D eigenvalue weighted by Crippen LogP contribution is 2.25. The van der Waals surface area contributed by atoms with Gasteiger partial charge in [-0.1, -0.05) is 16.8 Å². The van der Waals surface area contributed by atoms with Crippen LogP contribution in [0.5, 0.6) is 0 Å². The Morgan fingerprint density at radius 2 is 2.28 bits per heavy atom. The van der Waals surface area contributed by atoms with Gasteiger partial charge in [0.05, 0.1) is 6.10 Å². The van der Waals surface area contributed by atoms with Crippen LogP contribution in [0.15, 0.2) is 23.4 Å². The summed E-state index contributed by atoms with van der Waals surface area (Å²) in [6.45, 7) is 3.43. The van der Waals surface area contributed by atoms with E-state index in [0.717, 1.165) is 30.6 Å². The van der Waals surface area contributed by atoms with Gasteiger partial charge in [0, 0.05) is 24.3 Å². The SMILES string of the molecule is Cc1ccc(N2CCCC(O)C2)c(/C(N)=N/O)c1. The zero-order chi connectivity index (χ0) is 13.1. The Balaban J connectivity index is 2.37. The number of oxime groups is 1. The van der Waals surface area contributed by atoms with Crippen LogP contribution in [-0.4, -0.2) is 35.3 Å². The molecule has 1 unspecified atom stereocenters. The number of aryl methyl sites for hydroxylation is 1. The van der Waals surface area contributed by atoms with Crippen LogP contribution in [0.3, 0.4) is 0 Å². The second kappa shape index (κ2) is 5.27. The lowest BCUT2D eigenvalue weighted by Crippen LogP contribution is -2.39. The molecule has 1 aromatic carbocycles. The van der Waals surface area contributed by atoms with Crippen molar-refractivity contribution in [3.63, 3.8) is 0 Å². The first-order valence-corrected chi connectivity index (χ1v) is 6.13. The summed E-state index contributed by atoms with van der Waals surface area (Å²) in [5.41, 5.74) is 8.40. The number of hydrogen-bond acceptors (Lipinski definition) is 4. The van der Waals surface area contributed by atoms with E-state index in [4.69, 9.17) is 10.9 Å². The molecule has 1 aliphatic heterocycles. The second-order valence-corrected chi connectivity index (χ2v) is 4.75. The third-order valence-electron chi connectivity index (χ3n) is 3.27. The predicted octanol–water partition coefficient (Wildman–Crippen LogP) is 1.05. The van der Waals surface area contributed by atoms with Crippen molar-refractivity contribution in [2.75, 3.05) is 18.0 Å². The van der Waals surface area contributed by atoms with Crippen LogP contribution >= 0.6 is 0 Å². The van der Waals surface area contributed by atoms with E-state index in [1.165, 1.54) is 0 Å². The average Bonchev–Trinajstić information content (AvgIpc) is 2.37. The van der Waals surface area contributed by atoms with Gasteiger partial charge in [-0.15, -0.1) is 0 Å². The molecule has 1 atom stereocenters. The van der Waals surface area contributed by atoms with E-state index >= 15 is 0 Å². The number of anilines is 1. The summed E-state index contributed by atoms with van der Waals surface area (Å²) in [4.78, 5) is 2.08. The van der Waals surface area contributed by atoms with E-state index in [1.54, 1.807) is 0 Å². The molecule has 98 valence electrons. The Morgan fingerprint density at radius 1 is 1.50 bits per heavy atom. The topological polar surface area (TPSA) is 82.1 Å². The number of piperidine rings is 1. The molecule has 1 saturated heterocycles. The maximum absolute atomic E-state index is 9.73. The van der Waals surface area contributed by atoms with Gasteiger partial charge in [-0.3, -0.25) is 0 Å². The van der Waals surface area contributed by atoms with Crippen molar-refractivity contribution in [1.82, 2.24) is 0 Å². The van der Waals surface area contributed by atoms with Gasteiger partial charge in [-0.2, -0.15) is 0 Å². The zero-order valence-electron chi connectivity index (χ0n) is 10.5. The Kier molecular flexibility index (Phi) is 3.72. The Morgan fingerprint density at radius 3 is 2.94 bits per heavy atom. The molecule has 0 bridgehead atoms. The molecule has 5 heteroatoms.